The number of rotatable bonds is 11. The maximum Gasteiger partial charge on any atom is 0.407 e. The average molecular weight is 875 g/mol. The van der Waals surface area contributed by atoms with E-state index in [0.29, 0.717) is 18.3 Å². The van der Waals surface area contributed by atoms with E-state index in [2.05, 4.69) is 57.0 Å². The number of ether oxygens (including phenoxy) is 4. The van der Waals surface area contributed by atoms with Crippen molar-refractivity contribution >= 4 is 45.8 Å². The first-order valence-electron chi connectivity index (χ1n) is 22.5. The summed E-state index contributed by atoms with van der Waals surface area (Å²) in [6.45, 7) is 10.0. The molecule has 0 unspecified atom stereocenters. The van der Waals surface area contributed by atoms with E-state index in [-0.39, 0.29) is 41.9 Å². The number of carbonyl (C=O) groups excluding carboxylic acids is 4. The number of benzene rings is 3. The molecule has 4 aliphatic rings. The number of alkyl carbamates (subject to hydrolysis) is 2. The molecule has 0 bridgehead atoms. The minimum Gasteiger partial charge on any atom is -0.488 e. The molecule has 9 rings (SSSR count). The van der Waals surface area contributed by atoms with Crippen LogP contribution in [0.5, 0.6) is 5.75 Å². The first-order chi connectivity index (χ1) is 30.8. The van der Waals surface area contributed by atoms with Crippen molar-refractivity contribution in [3.63, 3.8) is 0 Å². The molecule has 3 fully saturated rings. The van der Waals surface area contributed by atoms with Gasteiger partial charge in [-0.3, -0.25) is 9.59 Å². The van der Waals surface area contributed by atoms with Crippen molar-refractivity contribution in [3.8, 4) is 28.1 Å². The maximum atomic E-state index is 14.2. The van der Waals surface area contributed by atoms with Gasteiger partial charge < -0.3 is 49.3 Å². The molecule has 5 heterocycles. The molecule has 64 heavy (non-hydrogen) atoms. The van der Waals surface area contributed by atoms with Gasteiger partial charge in [-0.15, -0.1) is 0 Å². The molecule has 16 nitrogen and oxygen atoms in total. The first-order valence-corrected chi connectivity index (χ1v) is 22.5. The van der Waals surface area contributed by atoms with Crippen molar-refractivity contribution in [1.82, 2.24) is 40.4 Å². The predicted molar refractivity (Wildman–Crippen MR) is 239 cm³/mol. The van der Waals surface area contributed by atoms with Gasteiger partial charge >= 0.3 is 12.2 Å². The minimum absolute atomic E-state index is 0.0294. The van der Waals surface area contributed by atoms with Crippen LogP contribution in [0.3, 0.4) is 0 Å². The molecule has 3 aromatic carbocycles. The standard InChI is InChI=1S/C48H58N8O8/c1-23(2)38(53-47(59)62-7)45(57)55-24(3)9-17-35(55)43-49-34-16-14-28-20-33-31-15-13-29(19-30(31)22-64-37(33)21-32(28)42(34)52-43)41-40(27-11-12-27)50-44(51-41)36-18-10-25(4)56(36)46(58)39(26(5)61-6)54-48(60)63-8/h13-16,19-21,23-27,35-36,38-39H,9-12,17-18,22H2,1-8H3,(H,49,52)(H,50,51)(H,53,59)(H,54,60)/t24-,25-,26+,35-,36-,38-,39-/m0/s1. The van der Waals surface area contributed by atoms with Crippen molar-refractivity contribution in [2.24, 2.45) is 5.92 Å². The quantitative estimate of drug-likeness (QED) is 0.102. The lowest BCUT2D eigenvalue weighted by molar-refractivity contribution is -0.139. The van der Waals surface area contributed by atoms with Gasteiger partial charge in [0.15, 0.2) is 0 Å². The number of imidazole rings is 2. The normalized spacial score (nSPS) is 21.9. The van der Waals surface area contributed by atoms with E-state index in [1.165, 1.54) is 21.3 Å². The number of nitrogens with one attached hydrogen (secondary N) is 4. The molecular formula is C48H58N8O8. The molecule has 2 aromatic heterocycles. The van der Waals surface area contributed by atoms with Gasteiger partial charge in [0.05, 0.1) is 49.1 Å². The van der Waals surface area contributed by atoms with Crippen molar-refractivity contribution in [3.05, 3.63) is 65.4 Å². The van der Waals surface area contributed by atoms with Gasteiger partial charge in [-0.05, 0) is 106 Å². The van der Waals surface area contributed by atoms with Gasteiger partial charge in [-0.2, -0.15) is 0 Å². The maximum absolute atomic E-state index is 14.2. The second kappa shape index (κ2) is 17.1. The summed E-state index contributed by atoms with van der Waals surface area (Å²) >= 11 is 0. The van der Waals surface area contributed by atoms with Crippen LogP contribution in [-0.2, 0) is 30.4 Å². The van der Waals surface area contributed by atoms with Crippen LogP contribution >= 0.6 is 0 Å². The molecule has 0 spiro atoms. The van der Waals surface area contributed by atoms with Gasteiger partial charge in [0, 0.05) is 47.3 Å². The Bertz CT molecular complexity index is 2630. The number of fused-ring (bicyclic) bond motifs is 6. The molecule has 338 valence electrons. The van der Waals surface area contributed by atoms with Crippen molar-refractivity contribution in [2.45, 2.75) is 128 Å². The number of aromatic amines is 2. The topological polar surface area (TPSA) is 193 Å². The van der Waals surface area contributed by atoms with Crippen LogP contribution in [0.25, 0.3) is 44.2 Å². The highest BCUT2D eigenvalue weighted by Crippen LogP contribution is 2.48. The van der Waals surface area contributed by atoms with Gasteiger partial charge in [-0.1, -0.05) is 32.0 Å². The highest BCUT2D eigenvalue weighted by atomic mass is 16.5. The zero-order valence-corrected chi connectivity index (χ0v) is 37.7. The van der Waals surface area contributed by atoms with E-state index in [1.54, 1.807) is 6.92 Å². The van der Waals surface area contributed by atoms with Crippen molar-refractivity contribution < 1.29 is 38.1 Å². The smallest absolute Gasteiger partial charge is 0.407 e. The Morgan fingerprint density at radius 1 is 0.750 bits per heavy atom. The van der Waals surface area contributed by atoms with E-state index in [0.717, 1.165) is 106 Å². The lowest BCUT2D eigenvalue weighted by Crippen LogP contribution is -2.55. The van der Waals surface area contributed by atoms with Crippen LogP contribution in [0.4, 0.5) is 9.59 Å². The Hall–Kier alpha value is -6.16. The Balaban J connectivity index is 1.00. The van der Waals surface area contributed by atoms with Gasteiger partial charge in [0.25, 0.3) is 0 Å². The van der Waals surface area contributed by atoms with Crippen LogP contribution in [0.1, 0.15) is 114 Å². The number of likely N-dealkylation sites (tertiary alicyclic amines) is 2. The number of H-pyrrole nitrogens is 2. The predicted octanol–water partition coefficient (Wildman–Crippen LogP) is 7.79. The van der Waals surface area contributed by atoms with Crippen LogP contribution < -0.4 is 15.4 Å². The largest absolute Gasteiger partial charge is 0.488 e. The summed E-state index contributed by atoms with van der Waals surface area (Å²) in [7, 11) is 4.09. The summed E-state index contributed by atoms with van der Waals surface area (Å²) < 4.78 is 21.7. The molecule has 4 N–H and O–H groups in total. The summed E-state index contributed by atoms with van der Waals surface area (Å²) in [4.78, 5) is 74.0. The number of aromatic nitrogens is 4. The number of hydrogen-bond donors (Lipinski definition) is 4. The number of methoxy groups -OCH3 is 3. The lowest BCUT2D eigenvalue weighted by atomic mass is 9.92. The molecule has 2 saturated heterocycles. The third-order valence-electron chi connectivity index (χ3n) is 13.8. The fourth-order valence-electron chi connectivity index (χ4n) is 10.0. The second-order valence-corrected chi connectivity index (χ2v) is 18.3. The van der Waals surface area contributed by atoms with Crippen LogP contribution in [0.15, 0.2) is 42.5 Å². The summed E-state index contributed by atoms with van der Waals surface area (Å²) in [5.74, 6) is 2.06. The van der Waals surface area contributed by atoms with E-state index in [1.807, 2.05) is 43.6 Å². The second-order valence-electron chi connectivity index (χ2n) is 18.3. The number of carbonyl (C=O) groups is 4. The molecule has 16 heteroatoms. The van der Waals surface area contributed by atoms with Crippen LogP contribution in [-0.4, -0.2) is 105 Å². The summed E-state index contributed by atoms with van der Waals surface area (Å²) in [5.41, 5.74) is 7.77. The zero-order chi connectivity index (χ0) is 45.1. The molecule has 4 amide bonds. The number of hydrogen-bond acceptors (Lipinski definition) is 10. The van der Waals surface area contributed by atoms with E-state index in [4.69, 9.17) is 28.9 Å². The Morgan fingerprint density at radius 2 is 1.39 bits per heavy atom. The minimum atomic E-state index is -0.924. The zero-order valence-electron chi connectivity index (χ0n) is 37.7. The molecule has 5 aromatic rings. The summed E-state index contributed by atoms with van der Waals surface area (Å²) in [6.07, 6.45) is 3.32. The molecule has 1 aliphatic carbocycles. The molecule has 1 saturated carbocycles. The lowest BCUT2D eigenvalue weighted by Gasteiger charge is -2.33. The van der Waals surface area contributed by atoms with Crippen molar-refractivity contribution in [2.75, 3.05) is 21.3 Å². The Morgan fingerprint density at radius 3 is 2.02 bits per heavy atom. The summed E-state index contributed by atoms with van der Waals surface area (Å²) in [5, 5.41) is 7.40. The SMILES string of the molecule is COC(=O)N[C@H](C(=O)N1[C@@H](C)CC[C@H]1c1nc2c(ccc3cc4c(cc32)OCc2cc(-c3nc([C@@H]5CC[C@H](C)N5C(=O)[C@@H](NC(=O)OC)[C@@H](C)OC)[nH]c3C3CC3)ccc2-4)[nH]1)C(C)C. The molecule has 7 atom stereocenters. The number of nitrogens with zero attached hydrogens (tertiary/aromatic N) is 4. The van der Waals surface area contributed by atoms with Crippen molar-refractivity contribution in [1.29, 1.82) is 0 Å². The molecule has 3 aliphatic heterocycles. The first kappa shape index (κ1) is 43.1. The Labute approximate surface area is 372 Å². The molecular weight excluding hydrogens is 817 g/mol. The number of amides is 4. The summed E-state index contributed by atoms with van der Waals surface area (Å²) in [6, 6.07) is 12.5. The van der Waals surface area contributed by atoms with E-state index < -0.39 is 30.4 Å². The molecule has 0 radical (unpaired) electrons. The van der Waals surface area contributed by atoms with Gasteiger partial charge in [-0.25, -0.2) is 19.6 Å². The highest BCUT2D eigenvalue weighted by molar-refractivity contribution is 6.07. The fourth-order valence-corrected chi connectivity index (χ4v) is 10.0. The van der Waals surface area contributed by atoms with Gasteiger partial charge in [0.1, 0.15) is 36.1 Å². The van der Waals surface area contributed by atoms with E-state index in [9.17, 15) is 19.2 Å². The average Bonchev–Trinajstić information content (AvgIpc) is 3.56. The highest BCUT2D eigenvalue weighted by Gasteiger charge is 2.44. The van der Waals surface area contributed by atoms with Crippen LogP contribution in [0.2, 0.25) is 0 Å². The third kappa shape index (κ3) is 7.68. The van der Waals surface area contributed by atoms with Gasteiger partial charge in [0.2, 0.25) is 11.8 Å². The Kier molecular flexibility index (Phi) is 11.5. The van der Waals surface area contributed by atoms with Crippen LogP contribution in [0, 0.1) is 5.92 Å². The van der Waals surface area contributed by atoms with E-state index >= 15 is 0 Å². The monoisotopic (exact) mass is 874 g/mol. The fraction of sp³-hybridized carbons (Fsp3) is 0.500. The third-order valence-corrected chi connectivity index (χ3v) is 13.8.